The zero-order chi connectivity index (χ0) is 26.4. The van der Waals surface area contributed by atoms with Gasteiger partial charge in [0.05, 0.1) is 0 Å². The van der Waals surface area contributed by atoms with Crippen molar-refractivity contribution in [2.45, 2.75) is 18.2 Å². The van der Waals surface area contributed by atoms with Crippen LogP contribution in [-0.4, -0.2) is 42.9 Å². The molecule has 0 atom stereocenters. The number of nitrogens with one attached hydrogen (secondary N) is 2. The number of thioether (sulfide) groups is 1. The zero-order valence-corrected chi connectivity index (χ0v) is 22.8. The summed E-state index contributed by atoms with van der Waals surface area (Å²) in [6.45, 7) is 2.66. The molecule has 3 aromatic carbocycles. The summed E-state index contributed by atoms with van der Waals surface area (Å²) >= 11 is 4.60. The van der Waals surface area contributed by atoms with E-state index in [0.29, 0.717) is 39.8 Å². The Morgan fingerprint density at radius 2 is 1.70 bits per heavy atom. The fourth-order valence-corrected chi connectivity index (χ4v) is 4.94. The molecular weight excluding hydrogens is 554 g/mol. The van der Waals surface area contributed by atoms with Gasteiger partial charge in [0.2, 0.25) is 0 Å². The zero-order valence-electron chi connectivity index (χ0n) is 20.4. The Hall–Kier alpha value is -3.40. The Kier molecular flexibility index (Phi) is 8.81. The van der Waals surface area contributed by atoms with Crippen LogP contribution in [0.1, 0.15) is 22.3 Å². The number of carbonyl (C=O) groups is 3. The number of ether oxygens (including phenoxy) is 1. The number of hydrogen-bond donors (Lipinski definition) is 2. The molecule has 0 aromatic heterocycles. The van der Waals surface area contributed by atoms with E-state index in [-0.39, 0.29) is 30.0 Å². The first kappa shape index (κ1) is 26.7. The number of methoxy groups -OCH3 is 1. The normalized spacial score (nSPS) is 13.3. The molecule has 37 heavy (non-hydrogen) atoms. The molecule has 0 aliphatic carbocycles. The molecule has 4 rings (SSSR count). The number of rotatable bonds is 10. The molecule has 0 fully saturated rings. The lowest BCUT2D eigenvalue weighted by Crippen LogP contribution is -2.33. The summed E-state index contributed by atoms with van der Waals surface area (Å²) in [5, 5.41) is 6.03. The van der Waals surface area contributed by atoms with E-state index in [9.17, 15) is 14.4 Å². The number of benzene rings is 3. The topological polar surface area (TPSA) is 87.7 Å². The van der Waals surface area contributed by atoms with Gasteiger partial charge in [-0.05, 0) is 67.9 Å². The smallest absolute Gasteiger partial charge is 0.278 e. The highest BCUT2D eigenvalue weighted by Crippen LogP contribution is 2.37. The van der Waals surface area contributed by atoms with Gasteiger partial charge in [-0.1, -0.05) is 51.5 Å². The van der Waals surface area contributed by atoms with E-state index in [1.807, 2.05) is 49.4 Å². The van der Waals surface area contributed by atoms with Crippen LogP contribution in [0.4, 0.5) is 11.4 Å². The third-order valence-electron chi connectivity index (χ3n) is 5.59. The number of imide groups is 1. The standard InChI is InChI=1S/C28H26BrN3O4S/c1-18-7-9-19(10-8-18)26(33)31-22-5-3-6-23(17-22)37-25-24(30-21-13-11-20(29)12-14-21)27(34)32(28(25)35)15-4-16-36-2/h3,5-14,17,30H,4,15-16H2,1-2H3,(H,31,33). The first-order valence-electron chi connectivity index (χ1n) is 11.6. The number of carbonyl (C=O) groups excluding carboxylic acids is 3. The maximum atomic E-state index is 13.3. The fraction of sp³-hybridized carbons (Fsp3) is 0.179. The first-order valence-corrected chi connectivity index (χ1v) is 13.2. The van der Waals surface area contributed by atoms with Crippen molar-refractivity contribution in [1.82, 2.24) is 4.90 Å². The molecule has 190 valence electrons. The van der Waals surface area contributed by atoms with Crippen LogP contribution in [0.5, 0.6) is 0 Å². The lowest BCUT2D eigenvalue weighted by molar-refractivity contribution is -0.137. The Balaban J connectivity index is 1.57. The van der Waals surface area contributed by atoms with Gasteiger partial charge in [-0.3, -0.25) is 19.3 Å². The molecular formula is C28H26BrN3O4S. The van der Waals surface area contributed by atoms with E-state index < -0.39 is 0 Å². The van der Waals surface area contributed by atoms with Gasteiger partial charge in [-0.15, -0.1) is 0 Å². The van der Waals surface area contributed by atoms with Gasteiger partial charge in [-0.25, -0.2) is 0 Å². The van der Waals surface area contributed by atoms with Crippen LogP contribution in [0.2, 0.25) is 0 Å². The molecule has 9 heteroatoms. The van der Waals surface area contributed by atoms with Gasteiger partial charge in [0, 0.05) is 46.6 Å². The third kappa shape index (κ3) is 6.68. The van der Waals surface area contributed by atoms with Crippen molar-refractivity contribution >= 4 is 56.8 Å². The quantitative estimate of drug-likeness (QED) is 0.232. The Morgan fingerprint density at radius 3 is 2.41 bits per heavy atom. The maximum Gasteiger partial charge on any atom is 0.278 e. The minimum Gasteiger partial charge on any atom is -0.385 e. The highest BCUT2D eigenvalue weighted by molar-refractivity contribution is 9.10. The van der Waals surface area contributed by atoms with E-state index in [1.165, 1.54) is 16.7 Å². The number of aryl methyl sites for hydroxylation is 1. The maximum absolute atomic E-state index is 13.3. The number of amides is 3. The number of hydrogen-bond acceptors (Lipinski definition) is 6. The van der Waals surface area contributed by atoms with E-state index in [2.05, 4.69) is 26.6 Å². The van der Waals surface area contributed by atoms with Crippen LogP contribution in [0.25, 0.3) is 0 Å². The molecule has 0 saturated carbocycles. The molecule has 2 N–H and O–H groups in total. The summed E-state index contributed by atoms with van der Waals surface area (Å²) in [6, 6.07) is 21.9. The third-order valence-corrected chi connectivity index (χ3v) is 7.20. The number of nitrogens with zero attached hydrogens (tertiary/aromatic N) is 1. The average Bonchev–Trinajstić information content (AvgIpc) is 3.10. The van der Waals surface area contributed by atoms with Crippen molar-refractivity contribution in [1.29, 1.82) is 0 Å². The Bertz CT molecular complexity index is 1340. The lowest BCUT2D eigenvalue weighted by Gasteiger charge is -2.14. The van der Waals surface area contributed by atoms with Crippen molar-refractivity contribution in [2.24, 2.45) is 0 Å². The molecule has 0 unspecified atom stereocenters. The van der Waals surface area contributed by atoms with Crippen molar-refractivity contribution in [3.8, 4) is 0 Å². The average molecular weight is 581 g/mol. The fourth-order valence-electron chi connectivity index (χ4n) is 3.67. The summed E-state index contributed by atoms with van der Waals surface area (Å²) in [4.78, 5) is 41.5. The molecule has 3 amide bonds. The van der Waals surface area contributed by atoms with E-state index in [0.717, 1.165) is 10.0 Å². The van der Waals surface area contributed by atoms with Crippen LogP contribution in [0.15, 0.2) is 92.8 Å². The van der Waals surface area contributed by atoms with Crippen LogP contribution in [-0.2, 0) is 14.3 Å². The van der Waals surface area contributed by atoms with Crippen molar-refractivity contribution in [3.63, 3.8) is 0 Å². The lowest BCUT2D eigenvalue weighted by atomic mass is 10.1. The van der Waals surface area contributed by atoms with E-state index in [1.54, 1.807) is 37.4 Å². The molecule has 0 saturated heterocycles. The highest BCUT2D eigenvalue weighted by atomic mass is 79.9. The molecule has 0 radical (unpaired) electrons. The van der Waals surface area contributed by atoms with Crippen molar-refractivity contribution in [2.75, 3.05) is 30.9 Å². The number of anilines is 2. The van der Waals surface area contributed by atoms with Crippen LogP contribution in [0, 0.1) is 6.92 Å². The van der Waals surface area contributed by atoms with Crippen LogP contribution >= 0.6 is 27.7 Å². The monoisotopic (exact) mass is 579 g/mol. The summed E-state index contributed by atoms with van der Waals surface area (Å²) in [5.74, 6) is -0.967. The van der Waals surface area contributed by atoms with Gasteiger partial charge in [0.25, 0.3) is 17.7 Å². The van der Waals surface area contributed by atoms with Gasteiger partial charge in [0.1, 0.15) is 10.6 Å². The van der Waals surface area contributed by atoms with Gasteiger partial charge in [0.15, 0.2) is 0 Å². The predicted molar refractivity (Wildman–Crippen MR) is 149 cm³/mol. The highest BCUT2D eigenvalue weighted by Gasteiger charge is 2.38. The Morgan fingerprint density at radius 1 is 0.973 bits per heavy atom. The second-order valence-electron chi connectivity index (χ2n) is 8.39. The minimum absolute atomic E-state index is 0.226. The summed E-state index contributed by atoms with van der Waals surface area (Å²) < 4.78 is 5.99. The van der Waals surface area contributed by atoms with E-state index >= 15 is 0 Å². The van der Waals surface area contributed by atoms with Crippen molar-refractivity contribution < 1.29 is 19.1 Å². The molecule has 3 aromatic rings. The summed E-state index contributed by atoms with van der Waals surface area (Å²) in [5.41, 5.74) is 3.13. The van der Waals surface area contributed by atoms with Crippen LogP contribution < -0.4 is 10.6 Å². The number of halogens is 1. The van der Waals surface area contributed by atoms with Gasteiger partial charge in [-0.2, -0.15) is 0 Å². The summed E-state index contributed by atoms with van der Waals surface area (Å²) in [7, 11) is 1.58. The van der Waals surface area contributed by atoms with Gasteiger partial charge < -0.3 is 15.4 Å². The van der Waals surface area contributed by atoms with Crippen LogP contribution in [0.3, 0.4) is 0 Å². The molecule has 1 heterocycles. The second kappa shape index (κ2) is 12.2. The summed E-state index contributed by atoms with van der Waals surface area (Å²) in [6.07, 6.45) is 0.540. The Labute approximate surface area is 228 Å². The predicted octanol–water partition coefficient (Wildman–Crippen LogP) is 5.83. The molecule has 0 spiro atoms. The van der Waals surface area contributed by atoms with Crippen molar-refractivity contribution in [3.05, 3.63) is 99.0 Å². The largest absolute Gasteiger partial charge is 0.385 e. The molecule has 7 nitrogen and oxygen atoms in total. The minimum atomic E-state index is -0.379. The first-order chi connectivity index (χ1) is 17.9. The molecule has 0 bridgehead atoms. The van der Waals surface area contributed by atoms with Gasteiger partial charge >= 0.3 is 0 Å². The molecule has 1 aliphatic rings. The molecule has 1 aliphatic heterocycles. The van der Waals surface area contributed by atoms with E-state index in [4.69, 9.17) is 4.74 Å². The second-order valence-corrected chi connectivity index (χ2v) is 10.4. The SMILES string of the molecule is COCCCN1C(=O)C(Nc2ccc(Br)cc2)=C(Sc2cccc(NC(=O)c3ccc(C)cc3)c2)C1=O.